The average Bonchev–Trinajstić information content (AvgIpc) is 2.86. The molecular formula is C15H19NO4S. The summed E-state index contributed by atoms with van der Waals surface area (Å²) >= 11 is 0. The number of nitrogens with two attached hydrogens (primary N) is 1. The lowest BCUT2D eigenvalue weighted by atomic mass is 10.1. The van der Waals surface area contributed by atoms with Gasteiger partial charge in [-0.2, -0.15) is 8.42 Å². The first-order chi connectivity index (χ1) is 9.77. The fourth-order valence-corrected chi connectivity index (χ4v) is 3.04. The van der Waals surface area contributed by atoms with Crippen LogP contribution in [-0.2, 0) is 20.0 Å². The molecule has 0 bridgehead atoms. The van der Waals surface area contributed by atoms with E-state index in [0.29, 0.717) is 5.76 Å². The molecule has 114 valence electrons. The highest BCUT2D eigenvalue weighted by Gasteiger charge is 2.36. The van der Waals surface area contributed by atoms with Gasteiger partial charge in [0.25, 0.3) is 10.1 Å². The van der Waals surface area contributed by atoms with Gasteiger partial charge in [0.2, 0.25) is 0 Å². The summed E-state index contributed by atoms with van der Waals surface area (Å²) in [5.41, 5.74) is 5.54. The lowest BCUT2D eigenvalue weighted by molar-refractivity contribution is 0.0517. The van der Waals surface area contributed by atoms with E-state index in [1.54, 1.807) is 38.1 Å². The van der Waals surface area contributed by atoms with Crippen LogP contribution in [0.4, 0.5) is 0 Å². The first kappa shape index (κ1) is 15.8. The van der Waals surface area contributed by atoms with Gasteiger partial charge in [-0.3, -0.25) is 5.73 Å². The molecule has 21 heavy (non-hydrogen) atoms. The number of hydrogen-bond acceptors (Lipinski definition) is 5. The topological polar surface area (TPSA) is 82.5 Å². The maximum atomic E-state index is 12.4. The van der Waals surface area contributed by atoms with Gasteiger partial charge in [-0.1, -0.05) is 24.6 Å². The minimum Gasteiger partial charge on any atom is -0.462 e. The second-order valence-corrected chi connectivity index (χ2v) is 6.55. The Bertz CT molecular complexity index is 718. The van der Waals surface area contributed by atoms with Crippen molar-refractivity contribution in [3.63, 3.8) is 0 Å². The Balaban J connectivity index is 2.35. The van der Waals surface area contributed by atoms with Gasteiger partial charge in [0.1, 0.15) is 5.76 Å². The van der Waals surface area contributed by atoms with E-state index in [1.165, 1.54) is 12.1 Å². The fraction of sp³-hybridized carbons (Fsp3) is 0.333. The summed E-state index contributed by atoms with van der Waals surface area (Å²) < 4.78 is 35.4. The predicted molar refractivity (Wildman–Crippen MR) is 79.1 cm³/mol. The van der Waals surface area contributed by atoms with Crippen molar-refractivity contribution in [1.82, 2.24) is 0 Å². The van der Waals surface area contributed by atoms with E-state index in [9.17, 15) is 8.42 Å². The molecule has 2 rings (SSSR count). The molecule has 0 aliphatic heterocycles. The van der Waals surface area contributed by atoms with Crippen molar-refractivity contribution in [1.29, 1.82) is 0 Å². The largest absolute Gasteiger partial charge is 0.462 e. The van der Waals surface area contributed by atoms with E-state index < -0.39 is 15.8 Å². The van der Waals surface area contributed by atoms with Crippen LogP contribution >= 0.6 is 0 Å². The van der Waals surface area contributed by atoms with Gasteiger partial charge in [0.05, 0.1) is 4.90 Å². The van der Waals surface area contributed by atoms with Crippen molar-refractivity contribution < 1.29 is 17.0 Å². The number of aryl methyl sites for hydroxylation is 2. The molecule has 0 fully saturated rings. The van der Waals surface area contributed by atoms with Crippen LogP contribution in [0.25, 0.3) is 0 Å². The molecule has 1 atom stereocenters. The smallest absolute Gasteiger partial charge is 0.299 e. The standard InChI is InChI=1S/C15H19NO4S/c1-4-15(16,14-10-7-12(3)19-14)20-21(17,18)13-8-5-11(2)6-9-13/h5-10H,4,16H2,1-3H3. The van der Waals surface area contributed by atoms with Crippen molar-refractivity contribution in [2.24, 2.45) is 5.73 Å². The molecule has 6 heteroatoms. The van der Waals surface area contributed by atoms with E-state index in [2.05, 4.69) is 0 Å². The molecule has 0 radical (unpaired) electrons. The van der Waals surface area contributed by atoms with Crippen LogP contribution in [0.3, 0.4) is 0 Å². The van der Waals surface area contributed by atoms with Crippen molar-refractivity contribution in [3.05, 3.63) is 53.5 Å². The first-order valence-electron chi connectivity index (χ1n) is 6.65. The van der Waals surface area contributed by atoms with Crippen molar-refractivity contribution in [2.75, 3.05) is 0 Å². The molecule has 0 aliphatic rings. The molecule has 1 heterocycles. The molecule has 0 saturated carbocycles. The summed E-state index contributed by atoms with van der Waals surface area (Å²) in [6, 6.07) is 9.75. The molecule has 2 aromatic rings. The maximum absolute atomic E-state index is 12.4. The number of benzene rings is 1. The first-order valence-corrected chi connectivity index (χ1v) is 8.06. The number of hydrogen-bond donors (Lipinski definition) is 1. The van der Waals surface area contributed by atoms with Crippen LogP contribution in [-0.4, -0.2) is 8.42 Å². The minimum absolute atomic E-state index is 0.0691. The Hall–Kier alpha value is -1.63. The second-order valence-electron chi connectivity index (χ2n) is 5.00. The van der Waals surface area contributed by atoms with Gasteiger partial charge >= 0.3 is 0 Å². The molecular weight excluding hydrogens is 290 g/mol. The Labute approximate surface area is 124 Å². The van der Waals surface area contributed by atoms with Gasteiger partial charge in [-0.25, -0.2) is 4.18 Å². The zero-order chi connectivity index (χ0) is 15.7. The summed E-state index contributed by atoms with van der Waals surface area (Å²) in [5.74, 6) is 0.933. The van der Waals surface area contributed by atoms with Crippen molar-refractivity contribution >= 4 is 10.1 Å². The van der Waals surface area contributed by atoms with Gasteiger partial charge in [-0.05, 0) is 44.5 Å². The van der Waals surface area contributed by atoms with E-state index in [4.69, 9.17) is 14.3 Å². The molecule has 0 amide bonds. The molecule has 1 aromatic carbocycles. The van der Waals surface area contributed by atoms with Gasteiger partial charge in [-0.15, -0.1) is 0 Å². The fourth-order valence-electron chi connectivity index (χ4n) is 1.89. The van der Waals surface area contributed by atoms with Gasteiger partial charge in [0, 0.05) is 0 Å². The third-order valence-corrected chi connectivity index (χ3v) is 4.62. The van der Waals surface area contributed by atoms with E-state index in [1.807, 2.05) is 6.92 Å². The SMILES string of the molecule is CCC(N)(OS(=O)(=O)c1ccc(C)cc1)c1ccc(C)o1. The molecule has 0 saturated heterocycles. The predicted octanol–water partition coefficient (Wildman–Crippen LogP) is 2.82. The van der Waals surface area contributed by atoms with Crippen LogP contribution in [0.5, 0.6) is 0 Å². The van der Waals surface area contributed by atoms with Crippen LogP contribution < -0.4 is 5.73 Å². The van der Waals surface area contributed by atoms with Crippen LogP contribution in [0.15, 0.2) is 45.7 Å². The summed E-state index contributed by atoms with van der Waals surface area (Å²) in [6.07, 6.45) is 0.255. The second kappa shape index (κ2) is 5.63. The molecule has 2 N–H and O–H groups in total. The highest BCUT2D eigenvalue weighted by Crippen LogP contribution is 2.29. The van der Waals surface area contributed by atoms with Crippen molar-refractivity contribution in [3.8, 4) is 0 Å². The lowest BCUT2D eigenvalue weighted by Gasteiger charge is -2.25. The molecule has 0 aliphatic carbocycles. The molecule has 1 unspecified atom stereocenters. The third-order valence-electron chi connectivity index (χ3n) is 3.25. The third kappa shape index (κ3) is 3.34. The van der Waals surface area contributed by atoms with Crippen LogP contribution in [0.2, 0.25) is 0 Å². The van der Waals surface area contributed by atoms with Crippen LogP contribution in [0.1, 0.15) is 30.4 Å². The van der Waals surface area contributed by atoms with Gasteiger partial charge in [0.15, 0.2) is 11.5 Å². The maximum Gasteiger partial charge on any atom is 0.299 e. The summed E-state index contributed by atoms with van der Waals surface area (Å²) in [4.78, 5) is 0.0691. The zero-order valence-corrected chi connectivity index (χ0v) is 13.1. The summed E-state index contributed by atoms with van der Waals surface area (Å²) in [6.45, 7) is 5.37. The van der Waals surface area contributed by atoms with Gasteiger partial charge < -0.3 is 4.42 Å². The van der Waals surface area contributed by atoms with E-state index in [-0.39, 0.29) is 17.1 Å². The normalized spacial score (nSPS) is 14.9. The minimum atomic E-state index is -3.97. The number of rotatable bonds is 5. The molecule has 5 nitrogen and oxygen atoms in total. The molecule has 0 spiro atoms. The van der Waals surface area contributed by atoms with Crippen LogP contribution in [0, 0.1) is 13.8 Å². The van der Waals surface area contributed by atoms with Crippen molar-refractivity contribution in [2.45, 2.75) is 37.8 Å². The summed E-state index contributed by atoms with van der Waals surface area (Å²) in [5, 5.41) is 0. The lowest BCUT2D eigenvalue weighted by Crippen LogP contribution is -2.40. The Kier molecular flexibility index (Phi) is 4.22. The Morgan fingerprint density at radius 3 is 2.24 bits per heavy atom. The quantitative estimate of drug-likeness (QED) is 0.678. The number of furan rings is 1. The summed E-state index contributed by atoms with van der Waals surface area (Å²) in [7, 11) is -3.97. The molecule has 1 aromatic heterocycles. The van der Waals surface area contributed by atoms with E-state index >= 15 is 0 Å². The highest BCUT2D eigenvalue weighted by molar-refractivity contribution is 7.86. The zero-order valence-electron chi connectivity index (χ0n) is 12.3. The monoisotopic (exact) mass is 309 g/mol. The highest BCUT2D eigenvalue weighted by atomic mass is 32.2. The van der Waals surface area contributed by atoms with E-state index in [0.717, 1.165) is 5.56 Å². The Morgan fingerprint density at radius 2 is 1.76 bits per heavy atom. The Morgan fingerprint density at radius 1 is 1.14 bits per heavy atom. The average molecular weight is 309 g/mol.